The molecule has 5 aliphatic rings. The van der Waals surface area contributed by atoms with E-state index in [2.05, 4.69) is 114 Å². The van der Waals surface area contributed by atoms with Gasteiger partial charge >= 0.3 is 0 Å². The summed E-state index contributed by atoms with van der Waals surface area (Å²) in [6.45, 7) is 18.7. The molecule has 89 heavy (non-hydrogen) atoms. The summed E-state index contributed by atoms with van der Waals surface area (Å²) in [5.41, 5.74) is 3.44. The Kier molecular flexibility index (Phi) is 29.6. The van der Waals surface area contributed by atoms with Crippen molar-refractivity contribution in [1.29, 1.82) is 0 Å². The van der Waals surface area contributed by atoms with E-state index in [-0.39, 0.29) is 29.1 Å². The summed E-state index contributed by atoms with van der Waals surface area (Å²) < 4.78 is 0. The number of rotatable bonds is 45. The molecular formula is C83H130O2S4. The van der Waals surface area contributed by atoms with Gasteiger partial charge in [0.15, 0.2) is 0 Å². The van der Waals surface area contributed by atoms with Crippen LogP contribution in [0.15, 0.2) is 36.4 Å². The third-order valence-electron chi connectivity index (χ3n) is 24.3. The maximum absolute atomic E-state index is 16.2. The molecule has 0 aromatic carbocycles. The van der Waals surface area contributed by atoms with E-state index in [0.29, 0.717) is 58.9 Å². The Bertz CT molecular complexity index is 2660. The topological polar surface area (TPSA) is 34.1 Å². The van der Waals surface area contributed by atoms with Crippen LogP contribution in [0.5, 0.6) is 0 Å². The molecule has 0 N–H and O–H groups in total. The van der Waals surface area contributed by atoms with Gasteiger partial charge in [0.05, 0.1) is 11.8 Å². The molecule has 4 aromatic heterocycles. The zero-order valence-electron chi connectivity index (χ0n) is 58.5. The van der Waals surface area contributed by atoms with Crippen LogP contribution in [0.2, 0.25) is 0 Å². The van der Waals surface area contributed by atoms with Gasteiger partial charge in [-0.1, -0.05) is 273 Å². The maximum atomic E-state index is 16.2. The molecular weight excluding hydrogens is 1160 g/mol. The minimum absolute atomic E-state index is 0.00619. The van der Waals surface area contributed by atoms with Crippen LogP contribution in [0.25, 0.3) is 19.5 Å². The molecule has 0 amide bonds. The van der Waals surface area contributed by atoms with Gasteiger partial charge in [0.25, 0.3) is 0 Å². The van der Waals surface area contributed by atoms with Crippen molar-refractivity contribution in [3.63, 3.8) is 0 Å². The molecule has 4 fully saturated rings. The third-order valence-corrected chi connectivity index (χ3v) is 29.1. The van der Waals surface area contributed by atoms with Crippen molar-refractivity contribution in [1.82, 2.24) is 0 Å². The maximum Gasteiger partial charge on any atom is 0.144 e. The Morgan fingerprint density at radius 3 is 1.20 bits per heavy atom. The lowest BCUT2D eigenvalue weighted by atomic mass is 9.50. The van der Waals surface area contributed by atoms with Gasteiger partial charge in [-0.25, -0.2) is 0 Å². The highest BCUT2D eigenvalue weighted by Gasteiger charge is 2.62. The summed E-state index contributed by atoms with van der Waals surface area (Å²) >= 11 is 8.08. The lowest BCUT2D eigenvalue weighted by Crippen LogP contribution is -2.49. The van der Waals surface area contributed by atoms with Crippen molar-refractivity contribution in [2.75, 3.05) is 0 Å². The summed E-state index contributed by atoms with van der Waals surface area (Å²) in [6, 6.07) is 14.9. The number of ketones is 2. The number of fused-ring (bicyclic) bond motifs is 8. The Morgan fingerprint density at radius 2 is 0.764 bits per heavy atom. The van der Waals surface area contributed by atoms with Crippen molar-refractivity contribution >= 4 is 56.9 Å². The molecule has 5 aliphatic carbocycles. The van der Waals surface area contributed by atoms with Crippen molar-refractivity contribution in [2.24, 2.45) is 59.2 Å². The molecule has 4 saturated carbocycles. The van der Waals surface area contributed by atoms with Crippen LogP contribution in [0.4, 0.5) is 0 Å². The van der Waals surface area contributed by atoms with Gasteiger partial charge < -0.3 is 0 Å². The highest BCUT2D eigenvalue weighted by Crippen LogP contribution is 2.66. The Hall–Kier alpha value is -1.86. The van der Waals surface area contributed by atoms with Gasteiger partial charge in [-0.3, -0.25) is 9.59 Å². The molecule has 0 saturated heterocycles. The predicted molar refractivity (Wildman–Crippen MR) is 393 cm³/mol. The lowest BCUT2D eigenvalue weighted by molar-refractivity contribution is -0.135. The van der Waals surface area contributed by atoms with Crippen molar-refractivity contribution in [3.8, 4) is 19.5 Å². The first-order valence-electron chi connectivity index (χ1n) is 39.1. The van der Waals surface area contributed by atoms with E-state index in [0.717, 1.165) is 12.8 Å². The second-order valence-corrected chi connectivity index (χ2v) is 35.6. The van der Waals surface area contributed by atoms with E-state index in [9.17, 15) is 0 Å². The van der Waals surface area contributed by atoms with E-state index < -0.39 is 0 Å². The SMILES string of the molecule is CCCCCCCCC(CCCCCC)CC1CC2C(CC(CC(CCCCCC)CCCCCCCC)C3C(=O)C(c4ccc(-c5cc6c(s5)-c5sc(C)cc5C6(CCCCCCCC)CCCCCCCC)s4)CC23)C2CC(c3ccc(C)s3)C(=O)C12. The molecule has 12 unspecified atom stereocenters. The van der Waals surface area contributed by atoms with Gasteiger partial charge in [-0.2, -0.15) is 0 Å². The van der Waals surface area contributed by atoms with Gasteiger partial charge in [-0.05, 0) is 160 Å². The highest BCUT2D eigenvalue weighted by atomic mass is 32.1. The minimum atomic E-state index is 0.00619. The first kappa shape index (κ1) is 71.4. The molecule has 0 spiro atoms. The van der Waals surface area contributed by atoms with Crippen LogP contribution >= 0.6 is 45.3 Å². The first-order valence-corrected chi connectivity index (χ1v) is 42.3. The largest absolute Gasteiger partial charge is 0.299 e. The fourth-order valence-electron chi connectivity index (χ4n) is 19.7. The molecule has 498 valence electrons. The molecule has 2 nitrogen and oxygen atoms in total. The van der Waals surface area contributed by atoms with E-state index >= 15 is 9.59 Å². The number of hydrogen-bond acceptors (Lipinski definition) is 6. The van der Waals surface area contributed by atoms with Crippen LogP contribution < -0.4 is 0 Å². The summed E-state index contributed by atoms with van der Waals surface area (Å²) in [7, 11) is 0. The summed E-state index contributed by atoms with van der Waals surface area (Å²) in [6.07, 6.45) is 58.0. The predicted octanol–water partition coefficient (Wildman–Crippen LogP) is 28.0. The van der Waals surface area contributed by atoms with E-state index in [1.54, 1.807) is 20.9 Å². The standard InChI is InChI=1S/C83H130O2S4/c1-9-15-21-27-31-37-43-61(41-35-25-19-13-5)52-63-54-66-65(67-56-69(79(84)77(63)67)73-46-45-59(7)86-73)55-64(53-62(42-36-26-20-14-6)44-38-32-28-22-16-10-2)78-68(66)57-70(80(78)85)74-47-48-75(88-74)76-58-72-82(89-76)81-71(51-60(8)87-81)83(72,49-39-33-29-23-17-11-3)50-40-34-30-24-18-12-4/h45-48,51,58,61-70,77-78H,9-44,49-50,52-57H2,1-8H3. The van der Waals surface area contributed by atoms with Gasteiger partial charge in [0.2, 0.25) is 0 Å². The van der Waals surface area contributed by atoms with Gasteiger partial charge in [0.1, 0.15) is 11.6 Å². The van der Waals surface area contributed by atoms with Gasteiger partial charge in [0, 0.05) is 56.3 Å². The number of aryl methyl sites for hydroxylation is 2. The third kappa shape index (κ3) is 18.4. The van der Waals surface area contributed by atoms with E-state index in [4.69, 9.17) is 0 Å². The molecule has 0 radical (unpaired) electrons. The monoisotopic (exact) mass is 1290 g/mol. The number of unbranched alkanes of at least 4 members (excludes halogenated alkanes) is 26. The Morgan fingerprint density at radius 1 is 0.382 bits per heavy atom. The van der Waals surface area contributed by atoms with E-state index in [1.165, 1.54) is 299 Å². The molecule has 9 rings (SSSR count). The van der Waals surface area contributed by atoms with Crippen LogP contribution in [0.1, 0.15) is 367 Å². The van der Waals surface area contributed by atoms with Crippen LogP contribution in [0.3, 0.4) is 0 Å². The smallest absolute Gasteiger partial charge is 0.144 e. The molecule has 4 heterocycles. The molecule has 6 heteroatoms. The number of thiophene rings is 4. The van der Waals surface area contributed by atoms with Crippen LogP contribution in [-0.2, 0) is 15.0 Å². The fraction of sp³-hybridized carbons (Fsp3) is 0.783. The Balaban J connectivity index is 1.04. The lowest BCUT2D eigenvalue weighted by Gasteiger charge is -2.53. The summed E-state index contributed by atoms with van der Waals surface area (Å²) in [4.78, 5) is 43.4. The second-order valence-electron chi connectivity index (χ2n) is 30.8. The van der Waals surface area contributed by atoms with Crippen molar-refractivity contribution < 1.29 is 9.59 Å². The second kappa shape index (κ2) is 36.9. The summed E-state index contributed by atoms with van der Waals surface area (Å²) in [5.74, 6) is 6.03. The van der Waals surface area contributed by atoms with Gasteiger partial charge in [-0.15, -0.1) is 45.3 Å². The first-order chi connectivity index (χ1) is 43.6. The van der Waals surface area contributed by atoms with Crippen molar-refractivity contribution in [3.05, 3.63) is 67.0 Å². The Labute approximate surface area is 563 Å². The average molecular weight is 1290 g/mol. The zero-order valence-corrected chi connectivity index (χ0v) is 61.7. The highest BCUT2D eigenvalue weighted by molar-refractivity contribution is 7.27. The molecule has 0 bridgehead atoms. The number of carbonyl (C=O) groups is 2. The quantitative estimate of drug-likeness (QED) is 0.0413. The number of hydrogen-bond donors (Lipinski definition) is 0. The average Bonchev–Trinajstić information content (AvgIpc) is 1.59. The fourth-order valence-corrected chi connectivity index (χ4v) is 24.4. The normalized spacial score (nSPS) is 24.9. The van der Waals surface area contributed by atoms with Crippen LogP contribution in [-0.4, -0.2) is 11.6 Å². The van der Waals surface area contributed by atoms with E-state index in [1.807, 2.05) is 22.7 Å². The number of Topliss-reactive ketones (excluding diaryl/α,β-unsaturated/α-hetero) is 2. The molecule has 0 aliphatic heterocycles. The van der Waals surface area contributed by atoms with Crippen LogP contribution in [0, 0.1) is 73.0 Å². The minimum Gasteiger partial charge on any atom is -0.299 e. The number of carbonyl (C=O) groups excluding carboxylic acids is 2. The molecule has 12 atom stereocenters. The summed E-state index contributed by atoms with van der Waals surface area (Å²) in [5, 5.41) is 0. The molecule has 4 aromatic rings. The zero-order chi connectivity index (χ0) is 62.5. The van der Waals surface area contributed by atoms with Crippen molar-refractivity contribution in [2.45, 2.75) is 355 Å².